The maximum Gasteiger partial charge on any atom is 0.304 e. The molecule has 0 spiro atoms. The van der Waals surface area contributed by atoms with Crippen LogP contribution in [-0.4, -0.2) is 4.98 Å². The fourth-order valence-corrected chi connectivity index (χ4v) is 3.93. The lowest BCUT2D eigenvalue weighted by Gasteiger charge is -1.99. The number of rotatable bonds is 4. The van der Waals surface area contributed by atoms with Gasteiger partial charge in [0.25, 0.3) is 0 Å². The molecule has 3 nitrogen and oxygen atoms in total. The first-order valence-corrected chi connectivity index (χ1v) is 7.74. The van der Waals surface area contributed by atoms with Crippen molar-refractivity contribution in [3.05, 3.63) is 39.9 Å². The van der Waals surface area contributed by atoms with Gasteiger partial charge >= 0.3 is 4.87 Å². The fraction of sp³-hybridized carbons (Fsp3) is 0.222. The monoisotopic (exact) mass is 382 g/mol. The lowest BCUT2D eigenvalue weighted by Crippen LogP contribution is -2.12. The highest BCUT2D eigenvalue weighted by Gasteiger charge is 2.03. The molecule has 0 aliphatic rings. The number of thiophene rings is 1. The van der Waals surface area contributed by atoms with E-state index >= 15 is 0 Å². The minimum Gasteiger partial charge on any atom is -0.315 e. The minimum atomic E-state index is -0.00147. The van der Waals surface area contributed by atoms with Gasteiger partial charge in [0.05, 0.1) is 3.79 Å². The second-order valence-corrected chi connectivity index (χ2v) is 7.26. The molecule has 2 N–H and O–H groups in total. The summed E-state index contributed by atoms with van der Waals surface area (Å²) in [6, 6.07) is 2.08. The Hall–Kier alpha value is 0.0500. The van der Waals surface area contributed by atoms with Crippen molar-refractivity contribution in [2.24, 2.45) is 0 Å². The molecule has 0 atom stereocenters. The van der Waals surface area contributed by atoms with Crippen LogP contribution in [0.15, 0.2) is 24.5 Å². The van der Waals surface area contributed by atoms with E-state index < -0.39 is 0 Å². The summed E-state index contributed by atoms with van der Waals surface area (Å²) in [5.74, 6) is 0. The number of hydrogen-bond acceptors (Lipinski definition) is 4. The van der Waals surface area contributed by atoms with E-state index in [2.05, 4.69) is 48.2 Å². The summed E-state index contributed by atoms with van der Waals surface area (Å²) in [5.41, 5.74) is 0.935. The zero-order valence-corrected chi connectivity index (χ0v) is 12.9. The van der Waals surface area contributed by atoms with E-state index in [-0.39, 0.29) is 4.87 Å². The first-order chi connectivity index (χ1) is 7.65. The second kappa shape index (κ2) is 5.59. The van der Waals surface area contributed by atoms with Crippen molar-refractivity contribution in [1.82, 2.24) is 10.3 Å². The van der Waals surface area contributed by atoms with Crippen LogP contribution in [0.25, 0.3) is 0 Å². The van der Waals surface area contributed by atoms with E-state index in [0.717, 1.165) is 20.5 Å². The average Bonchev–Trinajstić information content (AvgIpc) is 2.75. The molecule has 2 heterocycles. The van der Waals surface area contributed by atoms with Gasteiger partial charge in [0, 0.05) is 33.5 Å². The van der Waals surface area contributed by atoms with Crippen molar-refractivity contribution in [3.8, 4) is 0 Å². The van der Waals surface area contributed by atoms with E-state index in [1.54, 1.807) is 11.3 Å². The zero-order valence-electron chi connectivity index (χ0n) is 8.05. The first-order valence-electron chi connectivity index (χ1n) is 4.46. The third-order valence-corrected chi connectivity index (χ3v) is 5.86. The van der Waals surface area contributed by atoms with Gasteiger partial charge in [-0.05, 0) is 37.9 Å². The number of H-pyrrole nitrogens is 1. The third kappa shape index (κ3) is 3.27. The van der Waals surface area contributed by atoms with Crippen LogP contribution >= 0.6 is 54.5 Å². The number of aromatic nitrogens is 1. The lowest BCUT2D eigenvalue weighted by atomic mass is 10.4. The molecule has 0 aromatic carbocycles. The highest BCUT2D eigenvalue weighted by molar-refractivity contribution is 9.13. The molecule has 2 aromatic heterocycles. The van der Waals surface area contributed by atoms with Crippen LogP contribution in [0.2, 0.25) is 0 Å². The zero-order chi connectivity index (χ0) is 11.5. The summed E-state index contributed by atoms with van der Waals surface area (Å²) in [7, 11) is 0. The Kier molecular flexibility index (Phi) is 4.37. The molecule has 0 fully saturated rings. The quantitative estimate of drug-likeness (QED) is 0.850. The molecule has 0 aliphatic heterocycles. The van der Waals surface area contributed by atoms with E-state index in [1.165, 1.54) is 16.2 Å². The normalized spacial score (nSPS) is 10.9. The van der Waals surface area contributed by atoms with Crippen molar-refractivity contribution in [3.63, 3.8) is 0 Å². The van der Waals surface area contributed by atoms with Crippen molar-refractivity contribution in [2.45, 2.75) is 13.1 Å². The average molecular weight is 384 g/mol. The molecule has 0 radical (unpaired) electrons. The molecule has 0 aliphatic carbocycles. The van der Waals surface area contributed by atoms with Gasteiger partial charge in [0.2, 0.25) is 0 Å². The molecule has 16 heavy (non-hydrogen) atoms. The van der Waals surface area contributed by atoms with Gasteiger partial charge in [-0.15, -0.1) is 11.3 Å². The predicted molar refractivity (Wildman–Crippen MR) is 75.2 cm³/mol. The summed E-state index contributed by atoms with van der Waals surface area (Å²) in [6.45, 7) is 1.48. The largest absolute Gasteiger partial charge is 0.315 e. The number of thiazole rings is 1. The van der Waals surface area contributed by atoms with Crippen molar-refractivity contribution in [2.75, 3.05) is 0 Å². The van der Waals surface area contributed by atoms with Crippen molar-refractivity contribution in [1.29, 1.82) is 0 Å². The molecule has 0 saturated carbocycles. The number of aromatic amines is 1. The molecule has 0 amide bonds. The summed E-state index contributed by atoms with van der Waals surface area (Å²) in [5, 5.41) is 5.12. The number of nitrogens with one attached hydrogen (secondary N) is 2. The first kappa shape index (κ1) is 12.5. The second-order valence-electron chi connectivity index (χ2n) is 3.11. The lowest BCUT2D eigenvalue weighted by molar-refractivity contribution is 0.688. The summed E-state index contributed by atoms with van der Waals surface area (Å²) in [6.07, 6.45) is 0. The molecule has 0 saturated heterocycles. The van der Waals surface area contributed by atoms with Gasteiger partial charge in [0.15, 0.2) is 0 Å². The standard InChI is InChI=1S/C9H8Br2N2OS2/c10-7-1-6(16-8(7)11)3-12-2-5-4-15-9(14)13-5/h1,4,12H,2-3H2,(H,13,14). The van der Waals surface area contributed by atoms with Crippen LogP contribution in [0.5, 0.6) is 0 Å². The van der Waals surface area contributed by atoms with Gasteiger partial charge in [-0.25, -0.2) is 0 Å². The molecule has 2 aromatic rings. The van der Waals surface area contributed by atoms with Crippen LogP contribution in [0.4, 0.5) is 0 Å². The van der Waals surface area contributed by atoms with Crippen LogP contribution in [0.1, 0.15) is 10.6 Å². The van der Waals surface area contributed by atoms with Crippen molar-refractivity contribution >= 4 is 54.5 Å². The molecule has 0 bridgehead atoms. The molecular formula is C9H8Br2N2OS2. The van der Waals surface area contributed by atoms with Crippen molar-refractivity contribution < 1.29 is 0 Å². The molecule has 2 rings (SSSR count). The molecular weight excluding hydrogens is 376 g/mol. The molecule has 0 unspecified atom stereocenters. The maximum atomic E-state index is 10.9. The highest BCUT2D eigenvalue weighted by atomic mass is 79.9. The van der Waals surface area contributed by atoms with Crippen LogP contribution in [0.3, 0.4) is 0 Å². The van der Waals surface area contributed by atoms with Gasteiger partial charge in [-0.1, -0.05) is 11.3 Å². The molecule has 7 heteroatoms. The van der Waals surface area contributed by atoms with Crippen LogP contribution in [0, 0.1) is 0 Å². The van der Waals surface area contributed by atoms with Gasteiger partial charge in [-0.3, -0.25) is 4.79 Å². The topological polar surface area (TPSA) is 44.9 Å². The Balaban J connectivity index is 1.86. The summed E-state index contributed by atoms with van der Waals surface area (Å²) < 4.78 is 2.19. The van der Waals surface area contributed by atoms with Gasteiger partial charge < -0.3 is 10.3 Å². The van der Waals surface area contributed by atoms with Crippen LogP contribution < -0.4 is 10.2 Å². The maximum absolute atomic E-state index is 10.9. The van der Waals surface area contributed by atoms with E-state index in [4.69, 9.17) is 0 Å². The Morgan fingerprint density at radius 3 is 2.75 bits per heavy atom. The Morgan fingerprint density at radius 1 is 1.38 bits per heavy atom. The van der Waals surface area contributed by atoms with Gasteiger partial charge in [0.1, 0.15) is 0 Å². The number of halogens is 2. The smallest absolute Gasteiger partial charge is 0.304 e. The Morgan fingerprint density at radius 2 is 2.19 bits per heavy atom. The third-order valence-electron chi connectivity index (χ3n) is 1.88. The summed E-state index contributed by atoms with van der Waals surface area (Å²) >= 11 is 9.79. The predicted octanol–water partition coefficient (Wildman–Crippen LogP) is 3.31. The fourth-order valence-electron chi connectivity index (χ4n) is 1.20. The highest BCUT2D eigenvalue weighted by Crippen LogP contribution is 2.32. The number of hydrogen-bond donors (Lipinski definition) is 2. The SMILES string of the molecule is O=c1[nH]c(CNCc2cc(Br)c(Br)s2)cs1. The van der Waals surface area contributed by atoms with E-state index in [0.29, 0.717) is 6.54 Å². The van der Waals surface area contributed by atoms with E-state index in [1.807, 2.05) is 5.38 Å². The Bertz CT molecular complexity index is 512. The minimum absolute atomic E-state index is 0.00147. The van der Waals surface area contributed by atoms with E-state index in [9.17, 15) is 4.79 Å². The summed E-state index contributed by atoms with van der Waals surface area (Å²) in [4.78, 5) is 14.9. The van der Waals surface area contributed by atoms with Crippen LogP contribution in [-0.2, 0) is 13.1 Å². The molecule has 86 valence electrons. The Labute approximate surface area is 117 Å². The van der Waals surface area contributed by atoms with Gasteiger partial charge in [-0.2, -0.15) is 0 Å².